The van der Waals surface area contributed by atoms with Crippen LogP contribution in [-0.2, 0) is 13.1 Å². The van der Waals surface area contributed by atoms with Crippen molar-refractivity contribution in [3.05, 3.63) is 41.5 Å². The summed E-state index contributed by atoms with van der Waals surface area (Å²) in [5, 5.41) is 11.4. The number of nitrogens with zero attached hydrogens (tertiary/aromatic N) is 3. The van der Waals surface area contributed by atoms with Crippen LogP contribution in [0.15, 0.2) is 24.4 Å². The van der Waals surface area contributed by atoms with Gasteiger partial charge in [0.25, 0.3) is 0 Å². The molecule has 1 aromatic carbocycles. The van der Waals surface area contributed by atoms with Crippen LogP contribution in [0.1, 0.15) is 25.1 Å². The third-order valence-electron chi connectivity index (χ3n) is 3.01. The summed E-state index contributed by atoms with van der Waals surface area (Å²) in [4.78, 5) is 0. The van der Waals surface area contributed by atoms with E-state index >= 15 is 0 Å². The van der Waals surface area contributed by atoms with Gasteiger partial charge in [-0.15, -0.1) is 5.10 Å². The van der Waals surface area contributed by atoms with Gasteiger partial charge in [-0.3, -0.25) is 0 Å². The zero-order valence-corrected chi connectivity index (χ0v) is 12.6. The van der Waals surface area contributed by atoms with Crippen LogP contribution in [0.3, 0.4) is 0 Å². The van der Waals surface area contributed by atoms with Gasteiger partial charge in [0, 0.05) is 24.8 Å². The summed E-state index contributed by atoms with van der Waals surface area (Å²) in [6.45, 7) is 7.75. The minimum atomic E-state index is -0.293. The number of nitrogens with one attached hydrogen (secondary N) is 1. The Bertz CT molecular complexity index is 583. The molecular formula is C15H21FN4O. The van der Waals surface area contributed by atoms with Gasteiger partial charge in [-0.05, 0) is 18.6 Å². The van der Waals surface area contributed by atoms with Gasteiger partial charge in [-0.1, -0.05) is 25.1 Å². The van der Waals surface area contributed by atoms with E-state index in [2.05, 4.69) is 29.5 Å². The van der Waals surface area contributed by atoms with Crippen LogP contribution in [0, 0.1) is 12.7 Å². The molecule has 0 bridgehead atoms. The van der Waals surface area contributed by atoms with Crippen molar-refractivity contribution in [2.75, 3.05) is 6.61 Å². The van der Waals surface area contributed by atoms with Crippen molar-refractivity contribution in [3.8, 4) is 5.75 Å². The van der Waals surface area contributed by atoms with Crippen LogP contribution in [0.2, 0.25) is 0 Å². The molecular weight excluding hydrogens is 271 g/mol. The minimum absolute atomic E-state index is 0.293. The first-order valence-electron chi connectivity index (χ1n) is 7.06. The highest BCUT2D eigenvalue weighted by Gasteiger charge is 2.04. The molecule has 2 aromatic rings. The first kappa shape index (κ1) is 15.4. The summed E-state index contributed by atoms with van der Waals surface area (Å²) < 4.78 is 20.4. The lowest BCUT2D eigenvalue weighted by atomic mass is 10.2. The molecule has 0 saturated heterocycles. The van der Waals surface area contributed by atoms with Gasteiger partial charge in [0.15, 0.2) is 0 Å². The fraction of sp³-hybridized carbons (Fsp3) is 0.467. The average molecular weight is 292 g/mol. The Kier molecular flexibility index (Phi) is 5.27. The van der Waals surface area contributed by atoms with Crippen molar-refractivity contribution in [1.82, 2.24) is 20.3 Å². The van der Waals surface area contributed by atoms with Crippen molar-refractivity contribution in [3.63, 3.8) is 0 Å². The molecule has 0 aliphatic carbocycles. The van der Waals surface area contributed by atoms with Crippen molar-refractivity contribution < 1.29 is 9.13 Å². The maximum Gasteiger partial charge on any atom is 0.126 e. The maximum atomic E-state index is 13.1. The van der Waals surface area contributed by atoms with E-state index in [1.54, 1.807) is 10.7 Å². The van der Waals surface area contributed by atoms with E-state index in [4.69, 9.17) is 4.74 Å². The molecule has 0 amide bonds. The number of hydrogen-bond acceptors (Lipinski definition) is 4. The second-order valence-electron chi connectivity index (χ2n) is 5.27. The number of benzene rings is 1. The zero-order chi connectivity index (χ0) is 15.2. The smallest absolute Gasteiger partial charge is 0.126 e. The fourth-order valence-electron chi connectivity index (χ4n) is 1.82. The largest absolute Gasteiger partial charge is 0.491 e. The van der Waals surface area contributed by atoms with Gasteiger partial charge in [0.2, 0.25) is 0 Å². The van der Waals surface area contributed by atoms with E-state index in [1.807, 2.05) is 13.1 Å². The second-order valence-corrected chi connectivity index (χ2v) is 5.27. The number of ether oxygens (including phenoxy) is 1. The van der Waals surface area contributed by atoms with E-state index in [1.165, 1.54) is 12.1 Å². The molecule has 0 radical (unpaired) electrons. The lowest BCUT2D eigenvalue weighted by Gasteiger charge is -2.08. The Morgan fingerprint density at radius 3 is 2.95 bits per heavy atom. The summed E-state index contributed by atoms with van der Waals surface area (Å²) in [6.07, 6.45) is 1.89. The number of rotatable bonds is 7. The van der Waals surface area contributed by atoms with Crippen molar-refractivity contribution in [2.45, 2.75) is 39.9 Å². The Morgan fingerprint density at radius 1 is 1.38 bits per heavy atom. The number of aromatic nitrogens is 3. The molecule has 0 unspecified atom stereocenters. The quantitative estimate of drug-likeness (QED) is 0.851. The van der Waals surface area contributed by atoms with E-state index < -0.39 is 0 Å². The number of hydrogen-bond donors (Lipinski definition) is 1. The molecule has 0 atom stereocenters. The highest BCUT2D eigenvalue weighted by molar-refractivity contribution is 5.32. The fourth-order valence-corrected chi connectivity index (χ4v) is 1.82. The first-order chi connectivity index (χ1) is 10.0. The molecule has 1 N–H and O–H groups in total. The van der Waals surface area contributed by atoms with E-state index in [9.17, 15) is 4.39 Å². The van der Waals surface area contributed by atoms with Gasteiger partial charge < -0.3 is 10.1 Å². The molecule has 1 aromatic heterocycles. The Balaban J connectivity index is 1.82. The molecule has 5 nitrogen and oxygen atoms in total. The van der Waals surface area contributed by atoms with E-state index in [0.29, 0.717) is 31.5 Å². The molecule has 0 fully saturated rings. The predicted molar refractivity (Wildman–Crippen MR) is 78.6 cm³/mol. The monoisotopic (exact) mass is 292 g/mol. The van der Waals surface area contributed by atoms with Gasteiger partial charge >= 0.3 is 0 Å². The Morgan fingerprint density at radius 2 is 2.19 bits per heavy atom. The van der Waals surface area contributed by atoms with Gasteiger partial charge in [0.05, 0.1) is 12.2 Å². The topological polar surface area (TPSA) is 52.0 Å². The Hall–Kier alpha value is -1.95. The van der Waals surface area contributed by atoms with Crippen LogP contribution in [0.25, 0.3) is 0 Å². The van der Waals surface area contributed by atoms with Crippen LogP contribution in [0.5, 0.6) is 5.75 Å². The first-order valence-corrected chi connectivity index (χ1v) is 7.06. The van der Waals surface area contributed by atoms with Gasteiger partial charge in [0.1, 0.15) is 18.2 Å². The van der Waals surface area contributed by atoms with Crippen molar-refractivity contribution >= 4 is 0 Å². The highest BCUT2D eigenvalue weighted by Crippen LogP contribution is 2.18. The summed E-state index contributed by atoms with van der Waals surface area (Å²) in [5.41, 5.74) is 1.81. The second kappa shape index (κ2) is 7.17. The van der Waals surface area contributed by atoms with Crippen LogP contribution < -0.4 is 10.1 Å². The van der Waals surface area contributed by atoms with Gasteiger partial charge in [-0.25, -0.2) is 9.07 Å². The maximum absolute atomic E-state index is 13.1. The van der Waals surface area contributed by atoms with Crippen LogP contribution in [-0.4, -0.2) is 27.6 Å². The van der Waals surface area contributed by atoms with E-state index in [0.717, 1.165) is 11.3 Å². The standard InChI is InChI=1S/C15H21FN4O/c1-11(2)17-9-14-10-20(19-18-14)6-7-21-15-8-13(16)5-4-12(15)3/h4-5,8,10-11,17H,6-7,9H2,1-3H3. The molecule has 21 heavy (non-hydrogen) atoms. The zero-order valence-electron chi connectivity index (χ0n) is 12.6. The highest BCUT2D eigenvalue weighted by atomic mass is 19.1. The molecule has 0 aliphatic heterocycles. The molecule has 2 rings (SSSR count). The SMILES string of the molecule is Cc1ccc(F)cc1OCCn1cc(CNC(C)C)nn1. The molecule has 6 heteroatoms. The summed E-state index contributed by atoms with van der Waals surface area (Å²) in [6, 6.07) is 4.94. The van der Waals surface area contributed by atoms with Crippen LogP contribution >= 0.6 is 0 Å². The number of halogens is 1. The van der Waals surface area contributed by atoms with Gasteiger partial charge in [-0.2, -0.15) is 0 Å². The summed E-state index contributed by atoms with van der Waals surface area (Å²) in [5.74, 6) is 0.273. The average Bonchev–Trinajstić information content (AvgIpc) is 2.88. The van der Waals surface area contributed by atoms with Crippen molar-refractivity contribution in [1.29, 1.82) is 0 Å². The third kappa shape index (κ3) is 4.82. The third-order valence-corrected chi connectivity index (χ3v) is 3.01. The molecule has 1 heterocycles. The lowest BCUT2D eigenvalue weighted by Crippen LogP contribution is -2.21. The lowest BCUT2D eigenvalue weighted by molar-refractivity contribution is 0.286. The Labute approximate surface area is 124 Å². The summed E-state index contributed by atoms with van der Waals surface area (Å²) >= 11 is 0. The summed E-state index contributed by atoms with van der Waals surface area (Å²) in [7, 11) is 0. The minimum Gasteiger partial charge on any atom is -0.491 e. The number of aryl methyl sites for hydroxylation is 1. The molecule has 0 saturated carbocycles. The van der Waals surface area contributed by atoms with Crippen molar-refractivity contribution in [2.24, 2.45) is 0 Å². The van der Waals surface area contributed by atoms with Crippen LogP contribution in [0.4, 0.5) is 4.39 Å². The predicted octanol–water partition coefficient (Wildman–Crippen LogP) is 2.30. The molecule has 0 spiro atoms. The normalized spacial score (nSPS) is 11.1. The van der Waals surface area contributed by atoms with E-state index in [-0.39, 0.29) is 5.82 Å². The molecule has 114 valence electrons. The molecule has 0 aliphatic rings.